The van der Waals surface area contributed by atoms with Gasteiger partial charge in [-0.1, -0.05) is 60.5 Å². The number of hydrogen-bond donors (Lipinski definition) is 1. The van der Waals surface area contributed by atoms with Gasteiger partial charge in [-0.3, -0.25) is 19.3 Å². The molecule has 0 bridgehead atoms. The minimum Gasteiger partial charge on any atom is -0.493 e. The molecule has 1 atom stereocenters. The number of Topliss-reactive ketones (excluding diaryl/α,β-unsaturated/α-hetero) is 1. The summed E-state index contributed by atoms with van der Waals surface area (Å²) >= 11 is 0. The fraction of sp³-hybridized carbons (Fsp3) is 0.323. The van der Waals surface area contributed by atoms with E-state index in [1.54, 1.807) is 36.4 Å². The van der Waals surface area contributed by atoms with Crippen molar-refractivity contribution < 1.29 is 19.1 Å². The molecule has 0 radical (unpaired) electrons. The summed E-state index contributed by atoms with van der Waals surface area (Å²) < 4.78 is 7.45. The maximum Gasteiger partial charge on any atom is 0.249 e. The summed E-state index contributed by atoms with van der Waals surface area (Å²) in [6.07, 6.45) is 3.85. The zero-order valence-electron chi connectivity index (χ0n) is 22.7. The Balaban J connectivity index is 1.66. The number of benzene rings is 3. The number of nitrogens with zero attached hydrogens (tertiary/aromatic N) is 4. The highest BCUT2D eigenvalue weighted by atomic mass is 16.5. The molecule has 0 spiro atoms. The first-order chi connectivity index (χ1) is 19.5. The third-order valence-corrected chi connectivity index (χ3v) is 7.24. The fourth-order valence-electron chi connectivity index (χ4n) is 5.38. The average Bonchev–Trinajstić information content (AvgIpc) is 3.62. The lowest BCUT2D eigenvalue weighted by molar-refractivity contribution is -0.127. The van der Waals surface area contributed by atoms with Crippen LogP contribution >= 0.6 is 0 Å². The van der Waals surface area contributed by atoms with Gasteiger partial charge in [0.25, 0.3) is 0 Å². The minimum atomic E-state index is -1.09. The minimum absolute atomic E-state index is 0.0218. The smallest absolute Gasteiger partial charge is 0.249 e. The molecule has 206 valence electrons. The molecule has 4 aromatic rings. The third-order valence-electron chi connectivity index (χ3n) is 7.24. The van der Waals surface area contributed by atoms with Crippen molar-refractivity contribution in [3.63, 3.8) is 0 Å². The first-order valence-electron chi connectivity index (χ1n) is 13.7. The molecule has 0 aliphatic heterocycles. The van der Waals surface area contributed by atoms with Crippen LogP contribution in [0.4, 0.5) is 5.69 Å². The summed E-state index contributed by atoms with van der Waals surface area (Å²) in [5, 5.41) is 11.6. The molecule has 40 heavy (non-hydrogen) atoms. The van der Waals surface area contributed by atoms with Crippen LogP contribution in [0.25, 0.3) is 11.0 Å². The van der Waals surface area contributed by atoms with Crippen LogP contribution in [0.15, 0.2) is 72.8 Å². The van der Waals surface area contributed by atoms with E-state index in [4.69, 9.17) is 4.74 Å². The molecule has 5 rings (SSSR count). The molecule has 1 fully saturated rings. The molecule has 3 aromatic carbocycles. The lowest BCUT2D eigenvalue weighted by Gasteiger charge is -2.34. The van der Waals surface area contributed by atoms with Gasteiger partial charge in [0.15, 0.2) is 5.78 Å². The van der Waals surface area contributed by atoms with Gasteiger partial charge in [-0.2, -0.15) is 0 Å². The molecule has 1 aliphatic rings. The van der Waals surface area contributed by atoms with Crippen LogP contribution in [0.1, 0.15) is 61.5 Å². The number of carbonyl (C=O) groups excluding carboxylic acids is 3. The molecule has 1 N–H and O–H groups in total. The fourth-order valence-corrected chi connectivity index (χ4v) is 5.38. The Hall–Kier alpha value is -4.53. The number of anilines is 1. The number of aromatic nitrogens is 3. The number of fused-ring (bicyclic) bond motifs is 1. The van der Waals surface area contributed by atoms with E-state index in [-0.39, 0.29) is 24.3 Å². The summed E-state index contributed by atoms with van der Waals surface area (Å²) in [6.45, 7) is 3.52. The van der Waals surface area contributed by atoms with Crippen molar-refractivity contribution in [2.24, 2.45) is 0 Å². The van der Waals surface area contributed by atoms with Gasteiger partial charge in [0, 0.05) is 17.2 Å². The Morgan fingerprint density at radius 2 is 1.70 bits per heavy atom. The van der Waals surface area contributed by atoms with E-state index in [2.05, 4.69) is 15.6 Å². The molecule has 9 heteroatoms. The highest BCUT2D eigenvalue weighted by Crippen LogP contribution is 2.36. The van der Waals surface area contributed by atoms with Gasteiger partial charge in [-0.15, -0.1) is 5.10 Å². The number of ketones is 1. The molecule has 1 aliphatic carbocycles. The van der Waals surface area contributed by atoms with E-state index in [0.717, 1.165) is 25.7 Å². The zero-order valence-corrected chi connectivity index (χ0v) is 22.7. The van der Waals surface area contributed by atoms with Crippen LogP contribution in [0, 0.1) is 0 Å². The Kier molecular flexibility index (Phi) is 8.19. The normalized spacial score (nSPS) is 14.2. The zero-order chi connectivity index (χ0) is 28.1. The van der Waals surface area contributed by atoms with Gasteiger partial charge in [0.2, 0.25) is 11.8 Å². The van der Waals surface area contributed by atoms with Crippen molar-refractivity contribution in [1.82, 2.24) is 20.3 Å². The quantitative estimate of drug-likeness (QED) is 0.288. The molecule has 1 aromatic heterocycles. The number of amides is 2. The molecular formula is C31H33N5O4. The van der Waals surface area contributed by atoms with E-state index in [1.165, 1.54) is 16.5 Å². The van der Waals surface area contributed by atoms with Gasteiger partial charge in [0.05, 0.1) is 17.8 Å². The Bertz CT molecular complexity index is 1520. The van der Waals surface area contributed by atoms with Gasteiger partial charge >= 0.3 is 0 Å². The van der Waals surface area contributed by atoms with Gasteiger partial charge in [-0.05, 0) is 57.0 Å². The van der Waals surface area contributed by atoms with Crippen LogP contribution in [0.2, 0.25) is 0 Å². The molecular weight excluding hydrogens is 506 g/mol. The first-order valence-corrected chi connectivity index (χ1v) is 13.7. The highest BCUT2D eigenvalue weighted by Gasteiger charge is 2.37. The molecule has 9 nitrogen and oxygen atoms in total. The lowest BCUT2D eigenvalue weighted by Crippen LogP contribution is -2.48. The van der Waals surface area contributed by atoms with Gasteiger partial charge in [-0.25, -0.2) is 4.68 Å². The Morgan fingerprint density at radius 3 is 2.48 bits per heavy atom. The number of nitrogens with one attached hydrogen (secondary N) is 1. The predicted molar refractivity (Wildman–Crippen MR) is 152 cm³/mol. The number of ether oxygens (including phenoxy) is 1. The second-order valence-electron chi connectivity index (χ2n) is 9.94. The van der Waals surface area contributed by atoms with Gasteiger partial charge in [0.1, 0.15) is 23.9 Å². The van der Waals surface area contributed by atoms with Crippen LogP contribution in [-0.4, -0.2) is 45.2 Å². The maximum atomic E-state index is 14.4. The van der Waals surface area contributed by atoms with Crippen LogP contribution in [0.5, 0.6) is 5.75 Å². The summed E-state index contributed by atoms with van der Waals surface area (Å²) in [4.78, 5) is 42.7. The van der Waals surface area contributed by atoms with Crippen LogP contribution in [0.3, 0.4) is 0 Å². The standard InChI is InChI=1S/C31H33N5O4/c1-3-40-28-19-11-7-15-24(28)30(31(39)32-22-12-4-5-13-22)36(26-17-9-6-14-23(26)21(2)37)29(38)20-35-27-18-10-8-16-25(27)33-34-35/h6-11,14-19,22,30H,3-5,12-13,20H2,1-2H3,(H,32,39). The topological polar surface area (TPSA) is 106 Å². The number of rotatable bonds is 10. The molecule has 1 saturated carbocycles. The second kappa shape index (κ2) is 12.1. The molecule has 1 heterocycles. The van der Waals surface area contributed by atoms with Crippen molar-refractivity contribution in [1.29, 1.82) is 0 Å². The summed E-state index contributed by atoms with van der Waals surface area (Å²) in [5.41, 5.74) is 2.57. The van der Waals surface area contributed by atoms with Crippen molar-refractivity contribution in [3.05, 3.63) is 83.9 Å². The maximum absolute atomic E-state index is 14.4. The van der Waals surface area contributed by atoms with Crippen molar-refractivity contribution in [3.8, 4) is 5.75 Å². The Labute approximate surface area is 233 Å². The van der Waals surface area contributed by atoms with Crippen molar-refractivity contribution in [2.45, 2.75) is 58.2 Å². The monoisotopic (exact) mass is 539 g/mol. The van der Waals surface area contributed by atoms with Crippen molar-refractivity contribution in [2.75, 3.05) is 11.5 Å². The van der Waals surface area contributed by atoms with Crippen molar-refractivity contribution >= 4 is 34.3 Å². The van der Waals surface area contributed by atoms with Gasteiger partial charge < -0.3 is 10.1 Å². The van der Waals surface area contributed by atoms with Crippen LogP contribution in [-0.2, 0) is 16.1 Å². The number of para-hydroxylation sites is 3. The molecule has 2 amide bonds. The van der Waals surface area contributed by atoms with E-state index < -0.39 is 11.9 Å². The van der Waals surface area contributed by atoms with Crippen LogP contribution < -0.4 is 15.0 Å². The summed E-state index contributed by atoms with van der Waals surface area (Å²) in [6, 6.07) is 20.4. The third kappa shape index (κ3) is 5.59. The number of hydrogen-bond acceptors (Lipinski definition) is 6. The summed E-state index contributed by atoms with van der Waals surface area (Å²) in [5.74, 6) is -0.454. The summed E-state index contributed by atoms with van der Waals surface area (Å²) in [7, 11) is 0. The predicted octanol–water partition coefficient (Wildman–Crippen LogP) is 4.87. The van der Waals surface area contributed by atoms with E-state index in [1.807, 2.05) is 43.3 Å². The lowest BCUT2D eigenvalue weighted by atomic mass is 9.99. The average molecular weight is 540 g/mol. The second-order valence-corrected chi connectivity index (χ2v) is 9.94. The Morgan fingerprint density at radius 1 is 1.00 bits per heavy atom. The highest BCUT2D eigenvalue weighted by molar-refractivity contribution is 6.08. The first kappa shape index (κ1) is 27.1. The molecule has 0 saturated heterocycles. The largest absolute Gasteiger partial charge is 0.493 e. The SMILES string of the molecule is CCOc1ccccc1C(C(=O)NC1CCCC1)N(C(=O)Cn1nnc2ccccc21)c1ccccc1C(C)=O. The molecule has 1 unspecified atom stereocenters. The van der Waals surface area contributed by atoms with E-state index >= 15 is 0 Å². The number of carbonyl (C=O) groups is 3. The van der Waals surface area contributed by atoms with E-state index in [9.17, 15) is 14.4 Å². The van der Waals surface area contributed by atoms with E-state index in [0.29, 0.717) is 40.2 Å².